The number of nitrogens with zero attached hydrogens (tertiary/aromatic N) is 1. The minimum Gasteiger partial charge on any atom is -0.352 e. The Morgan fingerprint density at radius 1 is 1.19 bits per heavy atom. The fraction of sp³-hybridized carbons (Fsp3) is 0.263. The molecule has 0 saturated heterocycles. The van der Waals surface area contributed by atoms with E-state index in [4.69, 9.17) is 17.3 Å². The lowest BCUT2D eigenvalue weighted by atomic mass is 10.1. The maximum absolute atomic E-state index is 14.1. The summed E-state index contributed by atoms with van der Waals surface area (Å²) in [5.74, 6) is -0.579. The number of rotatable bonds is 6. The Balaban J connectivity index is 1.76. The number of nitrogens with one attached hydrogen (secondary N) is 1. The molecule has 1 aliphatic rings. The van der Waals surface area contributed by atoms with Gasteiger partial charge in [-0.1, -0.05) is 29.8 Å². The topological polar surface area (TPSA) is 75.4 Å². The minimum absolute atomic E-state index is 0.106. The molecule has 0 unspecified atom stereocenters. The van der Waals surface area contributed by atoms with Crippen molar-refractivity contribution in [3.63, 3.8) is 0 Å². The molecule has 5 nitrogen and oxygen atoms in total. The van der Waals surface area contributed by atoms with Crippen molar-refractivity contribution < 1.29 is 14.0 Å². The number of urea groups is 1. The van der Waals surface area contributed by atoms with Gasteiger partial charge in [0.2, 0.25) is 0 Å². The summed E-state index contributed by atoms with van der Waals surface area (Å²) in [6, 6.07) is 10.9. The van der Waals surface area contributed by atoms with Crippen molar-refractivity contribution in [2.45, 2.75) is 32.0 Å². The van der Waals surface area contributed by atoms with E-state index in [1.54, 1.807) is 41.3 Å². The van der Waals surface area contributed by atoms with Crippen LogP contribution in [0.5, 0.6) is 0 Å². The zero-order chi connectivity index (χ0) is 18.7. The van der Waals surface area contributed by atoms with Gasteiger partial charge in [0, 0.05) is 28.7 Å². The van der Waals surface area contributed by atoms with Crippen molar-refractivity contribution in [1.82, 2.24) is 10.2 Å². The van der Waals surface area contributed by atoms with E-state index in [9.17, 15) is 14.0 Å². The Kier molecular flexibility index (Phi) is 5.42. The molecule has 7 heteroatoms. The molecular weight excluding hydrogens is 357 g/mol. The van der Waals surface area contributed by atoms with Crippen LogP contribution in [0.2, 0.25) is 5.02 Å². The summed E-state index contributed by atoms with van der Waals surface area (Å²) >= 11 is 6.11. The highest BCUT2D eigenvalue weighted by atomic mass is 35.5. The van der Waals surface area contributed by atoms with Crippen LogP contribution in [0, 0.1) is 5.82 Å². The zero-order valence-electron chi connectivity index (χ0n) is 14.0. The highest BCUT2D eigenvalue weighted by Gasteiger charge is 2.34. The maximum atomic E-state index is 14.1. The standard InChI is InChI=1S/C19H19ClFN3O2/c20-16-2-1-3-17(21)15(16)11-24(14-8-9-14)18(25)13-6-4-12(5-7-13)10-23-19(22)26/h1-7,14H,8-11H2,(H3,22,23,26). The second-order valence-electron chi connectivity index (χ2n) is 6.28. The molecule has 0 aromatic heterocycles. The van der Waals surface area contributed by atoms with Crippen LogP contribution in [0.15, 0.2) is 42.5 Å². The fourth-order valence-electron chi connectivity index (χ4n) is 2.73. The molecule has 1 fully saturated rings. The van der Waals surface area contributed by atoms with Gasteiger partial charge in [0.1, 0.15) is 5.82 Å². The average Bonchev–Trinajstić information content (AvgIpc) is 3.44. The summed E-state index contributed by atoms with van der Waals surface area (Å²) < 4.78 is 14.1. The van der Waals surface area contributed by atoms with Gasteiger partial charge >= 0.3 is 6.03 Å². The van der Waals surface area contributed by atoms with Gasteiger partial charge in [0.15, 0.2) is 0 Å². The predicted molar refractivity (Wildman–Crippen MR) is 97.2 cm³/mol. The van der Waals surface area contributed by atoms with Crippen molar-refractivity contribution >= 4 is 23.5 Å². The van der Waals surface area contributed by atoms with Gasteiger partial charge in [0.05, 0.1) is 6.54 Å². The molecule has 0 bridgehead atoms. The molecule has 3 N–H and O–H groups in total. The van der Waals surface area contributed by atoms with E-state index in [-0.39, 0.29) is 18.5 Å². The molecule has 0 aliphatic heterocycles. The van der Waals surface area contributed by atoms with Gasteiger partial charge in [-0.2, -0.15) is 0 Å². The van der Waals surface area contributed by atoms with Gasteiger partial charge in [-0.25, -0.2) is 9.18 Å². The second kappa shape index (κ2) is 7.74. The normalized spacial score (nSPS) is 13.3. The zero-order valence-corrected chi connectivity index (χ0v) is 14.8. The summed E-state index contributed by atoms with van der Waals surface area (Å²) in [5, 5.41) is 2.81. The number of hydrogen-bond acceptors (Lipinski definition) is 2. The Labute approximate surface area is 155 Å². The number of amides is 3. The summed E-state index contributed by atoms with van der Waals surface area (Å²) in [6.45, 7) is 0.432. The molecule has 3 rings (SSSR count). The molecule has 1 aliphatic carbocycles. The lowest BCUT2D eigenvalue weighted by Gasteiger charge is -2.23. The van der Waals surface area contributed by atoms with Crippen LogP contribution in [0.4, 0.5) is 9.18 Å². The number of hydrogen-bond donors (Lipinski definition) is 2. The number of nitrogens with two attached hydrogens (primary N) is 1. The van der Waals surface area contributed by atoms with E-state index < -0.39 is 11.8 Å². The number of carbonyl (C=O) groups is 2. The quantitative estimate of drug-likeness (QED) is 0.811. The minimum atomic E-state index is -0.605. The number of primary amides is 1. The van der Waals surface area contributed by atoms with E-state index in [2.05, 4.69) is 5.32 Å². The number of halogens is 2. The monoisotopic (exact) mass is 375 g/mol. The fourth-order valence-corrected chi connectivity index (χ4v) is 2.95. The molecule has 0 atom stereocenters. The SMILES string of the molecule is NC(=O)NCc1ccc(C(=O)N(Cc2c(F)cccc2Cl)C2CC2)cc1. The van der Waals surface area contributed by atoms with Gasteiger partial charge in [-0.15, -0.1) is 0 Å². The van der Waals surface area contributed by atoms with Crippen LogP contribution in [0.1, 0.15) is 34.3 Å². The van der Waals surface area contributed by atoms with Crippen LogP contribution in [0.3, 0.4) is 0 Å². The third-order valence-electron chi connectivity index (χ3n) is 4.31. The first-order valence-corrected chi connectivity index (χ1v) is 8.69. The molecule has 0 spiro atoms. The van der Waals surface area contributed by atoms with Crippen LogP contribution in [-0.4, -0.2) is 22.9 Å². The summed E-state index contributed by atoms with van der Waals surface area (Å²) in [4.78, 5) is 25.3. The van der Waals surface area contributed by atoms with Crippen LogP contribution < -0.4 is 11.1 Å². The highest BCUT2D eigenvalue weighted by molar-refractivity contribution is 6.31. The van der Waals surface area contributed by atoms with Crippen molar-refractivity contribution in [1.29, 1.82) is 0 Å². The predicted octanol–water partition coefficient (Wildman–Crippen LogP) is 3.45. The van der Waals surface area contributed by atoms with Gasteiger partial charge in [-0.05, 0) is 42.7 Å². The molecule has 0 radical (unpaired) electrons. The molecule has 3 amide bonds. The lowest BCUT2D eigenvalue weighted by molar-refractivity contribution is 0.0728. The van der Waals surface area contributed by atoms with Crippen LogP contribution in [0.25, 0.3) is 0 Å². The summed E-state index contributed by atoms with van der Waals surface area (Å²) in [5.41, 5.74) is 6.71. The van der Waals surface area contributed by atoms with Gasteiger partial charge in [0.25, 0.3) is 5.91 Å². The summed E-state index contributed by atoms with van der Waals surface area (Å²) in [6.07, 6.45) is 1.80. The number of carbonyl (C=O) groups excluding carboxylic acids is 2. The molecule has 1 saturated carbocycles. The van der Waals surface area contributed by atoms with E-state index in [0.29, 0.717) is 22.7 Å². The maximum Gasteiger partial charge on any atom is 0.312 e. The lowest BCUT2D eigenvalue weighted by Crippen LogP contribution is -2.33. The van der Waals surface area contributed by atoms with Crippen LogP contribution in [-0.2, 0) is 13.1 Å². The van der Waals surface area contributed by atoms with Gasteiger partial charge < -0.3 is 16.0 Å². The Bertz CT molecular complexity index is 802. The van der Waals surface area contributed by atoms with Crippen molar-refractivity contribution in [2.24, 2.45) is 5.73 Å². The van der Waals surface area contributed by atoms with Gasteiger partial charge in [-0.3, -0.25) is 4.79 Å². The van der Waals surface area contributed by atoms with Crippen molar-refractivity contribution in [3.8, 4) is 0 Å². The van der Waals surface area contributed by atoms with Crippen LogP contribution >= 0.6 is 11.6 Å². The molecule has 0 heterocycles. The number of benzene rings is 2. The first kappa shape index (κ1) is 18.2. The molecule has 26 heavy (non-hydrogen) atoms. The third-order valence-corrected chi connectivity index (χ3v) is 4.66. The smallest absolute Gasteiger partial charge is 0.312 e. The first-order chi connectivity index (χ1) is 12.5. The largest absolute Gasteiger partial charge is 0.352 e. The molecule has 2 aromatic carbocycles. The van der Waals surface area contributed by atoms with E-state index in [1.165, 1.54) is 6.07 Å². The van der Waals surface area contributed by atoms with E-state index >= 15 is 0 Å². The van der Waals surface area contributed by atoms with E-state index in [0.717, 1.165) is 18.4 Å². The molecule has 136 valence electrons. The van der Waals surface area contributed by atoms with Crippen molar-refractivity contribution in [3.05, 3.63) is 70.0 Å². The molecular formula is C19H19ClFN3O2. The first-order valence-electron chi connectivity index (χ1n) is 8.32. The average molecular weight is 376 g/mol. The summed E-state index contributed by atoms with van der Waals surface area (Å²) in [7, 11) is 0. The van der Waals surface area contributed by atoms with E-state index in [1.807, 2.05) is 0 Å². The highest BCUT2D eigenvalue weighted by Crippen LogP contribution is 2.32. The Morgan fingerprint density at radius 2 is 1.88 bits per heavy atom. The third kappa shape index (κ3) is 4.32. The Hall–Kier alpha value is -2.60. The molecule has 2 aromatic rings. The second-order valence-corrected chi connectivity index (χ2v) is 6.69. The van der Waals surface area contributed by atoms with Crippen molar-refractivity contribution in [2.75, 3.05) is 0 Å². The Morgan fingerprint density at radius 3 is 2.46 bits per heavy atom.